The van der Waals surface area contributed by atoms with Crippen LogP contribution in [0.3, 0.4) is 0 Å². The van der Waals surface area contributed by atoms with Crippen LogP contribution < -0.4 is 0 Å². The molecule has 0 spiro atoms. The molecule has 1 aliphatic rings. The molecule has 2 unspecified atom stereocenters. The highest BCUT2D eigenvalue weighted by Crippen LogP contribution is 2.57. The molecule has 2 atom stereocenters. The van der Waals surface area contributed by atoms with Crippen molar-refractivity contribution in [3.8, 4) is 33.4 Å². The normalized spacial score (nSPS) is 14.1. The third-order valence-electron chi connectivity index (χ3n) is 8.39. The number of esters is 2. The highest BCUT2D eigenvalue weighted by atomic mass is 16.6. The summed E-state index contributed by atoms with van der Waals surface area (Å²) in [5.41, 5.74) is 7.83. The molecule has 0 aliphatic heterocycles. The monoisotopic (exact) mass is 570 g/mol. The third-order valence-corrected chi connectivity index (χ3v) is 8.39. The number of hydrogen-bond donors (Lipinski definition) is 0. The standard InChI is InChI=1S/C39H38O4/c1-7-35(42-37(40)25(3)4)39(36(8-2)43-38(41)26(5)6)33-23-29(27-15-11-9-12-16-27)19-21-31(33)32-22-20-30(24-34(32)39)28-17-13-10-14-18-28/h9-24,35-36H,3,5,7-8H2,1-2,4,6H3. The first kappa shape index (κ1) is 29.8. The summed E-state index contributed by atoms with van der Waals surface area (Å²) in [6, 6.07) is 33.3. The van der Waals surface area contributed by atoms with Gasteiger partial charge in [-0.15, -0.1) is 0 Å². The van der Waals surface area contributed by atoms with E-state index in [1.54, 1.807) is 13.8 Å². The van der Waals surface area contributed by atoms with Gasteiger partial charge in [-0.25, -0.2) is 9.59 Å². The molecule has 0 radical (unpaired) electrons. The van der Waals surface area contributed by atoms with Crippen molar-refractivity contribution in [3.05, 3.63) is 132 Å². The minimum absolute atomic E-state index is 0.315. The van der Waals surface area contributed by atoms with Gasteiger partial charge in [-0.3, -0.25) is 0 Å². The van der Waals surface area contributed by atoms with E-state index >= 15 is 0 Å². The fraction of sp³-hybridized carbons (Fsp3) is 0.231. The summed E-state index contributed by atoms with van der Waals surface area (Å²) in [5.74, 6) is -0.943. The van der Waals surface area contributed by atoms with Crippen LogP contribution >= 0.6 is 0 Å². The number of carbonyl (C=O) groups is 2. The molecular formula is C39H38O4. The molecule has 0 saturated carbocycles. The lowest BCUT2D eigenvalue weighted by molar-refractivity contribution is -0.158. The number of carbonyl (C=O) groups excluding carboxylic acids is 2. The zero-order valence-electron chi connectivity index (χ0n) is 25.4. The summed E-state index contributed by atoms with van der Waals surface area (Å²) in [5, 5.41) is 0. The average Bonchev–Trinajstić information content (AvgIpc) is 3.32. The van der Waals surface area contributed by atoms with Crippen LogP contribution in [0.25, 0.3) is 33.4 Å². The van der Waals surface area contributed by atoms with Crippen LogP contribution in [0.4, 0.5) is 0 Å². The third kappa shape index (κ3) is 5.34. The molecular weight excluding hydrogens is 532 g/mol. The number of fused-ring (bicyclic) bond motifs is 3. The van der Waals surface area contributed by atoms with E-state index in [0.29, 0.717) is 24.0 Å². The second-order valence-electron chi connectivity index (χ2n) is 11.3. The summed E-state index contributed by atoms with van der Waals surface area (Å²) in [7, 11) is 0. The van der Waals surface area contributed by atoms with Gasteiger partial charge in [0.05, 0.1) is 5.41 Å². The van der Waals surface area contributed by atoms with Gasteiger partial charge in [-0.2, -0.15) is 0 Å². The molecule has 0 N–H and O–H groups in total. The minimum Gasteiger partial charge on any atom is -0.458 e. The van der Waals surface area contributed by atoms with E-state index in [-0.39, 0.29) is 0 Å². The van der Waals surface area contributed by atoms with E-state index < -0.39 is 29.6 Å². The Kier molecular flexibility index (Phi) is 8.50. The molecule has 218 valence electrons. The molecule has 0 amide bonds. The zero-order chi connectivity index (χ0) is 30.7. The van der Waals surface area contributed by atoms with Gasteiger partial charge in [0.25, 0.3) is 0 Å². The van der Waals surface area contributed by atoms with E-state index in [0.717, 1.165) is 44.5 Å². The number of benzene rings is 4. The molecule has 1 aliphatic carbocycles. The Morgan fingerprint density at radius 1 is 0.605 bits per heavy atom. The quantitative estimate of drug-likeness (QED) is 0.141. The number of hydrogen-bond acceptors (Lipinski definition) is 4. The molecule has 0 aromatic heterocycles. The summed E-state index contributed by atoms with van der Waals surface area (Å²) in [4.78, 5) is 26.4. The molecule has 43 heavy (non-hydrogen) atoms. The molecule has 0 saturated heterocycles. The Morgan fingerprint density at radius 3 is 1.30 bits per heavy atom. The smallest absolute Gasteiger partial charge is 0.333 e. The van der Waals surface area contributed by atoms with Crippen molar-refractivity contribution in [1.82, 2.24) is 0 Å². The van der Waals surface area contributed by atoms with Crippen molar-refractivity contribution in [3.63, 3.8) is 0 Å². The van der Waals surface area contributed by atoms with Gasteiger partial charge in [0.2, 0.25) is 0 Å². The predicted molar refractivity (Wildman–Crippen MR) is 173 cm³/mol. The second kappa shape index (κ2) is 12.3. The van der Waals surface area contributed by atoms with Crippen LogP contribution in [0.1, 0.15) is 51.7 Å². The van der Waals surface area contributed by atoms with Gasteiger partial charge >= 0.3 is 11.9 Å². The van der Waals surface area contributed by atoms with Crippen molar-refractivity contribution in [2.75, 3.05) is 0 Å². The SMILES string of the molecule is C=C(C)C(=O)OC(CC)C1(C(CC)OC(=O)C(=C)C)c2cc(-c3ccccc3)ccc2-c2ccc(-c3ccccc3)cc21. The van der Waals surface area contributed by atoms with Gasteiger partial charge in [-0.1, -0.05) is 112 Å². The maximum absolute atomic E-state index is 13.2. The van der Waals surface area contributed by atoms with Crippen LogP contribution in [-0.2, 0) is 24.5 Å². The maximum atomic E-state index is 13.2. The zero-order valence-corrected chi connectivity index (χ0v) is 25.4. The van der Waals surface area contributed by atoms with E-state index in [4.69, 9.17) is 9.47 Å². The largest absolute Gasteiger partial charge is 0.458 e. The topological polar surface area (TPSA) is 52.6 Å². The maximum Gasteiger partial charge on any atom is 0.333 e. The first-order chi connectivity index (χ1) is 20.7. The van der Waals surface area contributed by atoms with Gasteiger partial charge < -0.3 is 9.47 Å². The molecule has 0 fully saturated rings. The fourth-order valence-electron chi connectivity index (χ4n) is 6.37. The fourth-order valence-corrected chi connectivity index (χ4v) is 6.37. The Labute approximate surface area is 254 Å². The van der Waals surface area contributed by atoms with Crippen LogP contribution in [0, 0.1) is 0 Å². The lowest BCUT2D eigenvalue weighted by atomic mass is 9.66. The van der Waals surface area contributed by atoms with Crippen LogP contribution in [0.15, 0.2) is 121 Å². The van der Waals surface area contributed by atoms with E-state index in [1.165, 1.54) is 0 Å². The Morgan fingerprint density at radius 2 is 0.977 bits per heavy atom. The van der Waals surface area contributed by atoms with Crippen molar-refractivity contribution in [1.29, 1.82) is 0 Å². The summed E-state index contributed by atoms with van der Waals surface area (Å²) in [6.45, 7) is 15.0. The number of ether oxygens (including phenoxy) is 2. The molecule has 0 bridgehead atoms. The second-order valence-corrected chi connectivity index (χ2v) is 11.3. The summed E-state index contributed by atoms with van der Waals surface area (Å²) < 4.78 is 12.7. The molecule has 5 rings (SSSR count). The van der Waals surface area contributed by atoms with Crippen LogP contribution in [0.2, 0.25) is 0 Å². The van der Waals surface area contributed by atoms with Crippen LogP contribution in [0.5, 0.6) is 0 Å². The first-order valence-electron chi connectivity index (χ1n) is 14.9. The molecule has 0 heterocycles. The van der Waals surface area contributed by atoms with Gasteiger partial charge in [0.15, 0.2) is 0 Å². The number of rotatable bonds is 10. The Hall–Kier alpha value is -4.70. The minimum atomic E-state index is -1.00. The van der Waals surface area contributed by atoms with Gasteiger partial charge in [-0.05, 0) is 83.3 Å². The van der Waals surface area contributed by atoms with E-state index in [2.05, 4.69) is 73.8 Å². The highest BCUT2D eigenvalue weighted by Gasteiger charge is 2.56. The van der Waals surface area contributed by atoms with Gasteiger partial charge in [0.1, 0.15) is 12.2 Å². The molecule has 4 nitrogen and oxygen atoms in total. The predicted octanol–water partition coefficient (Wildman–Crippen LogP) is 9.08. The molecule has 4 aromatic rings. The van der Waals surface area contributed by atoms with Crippen molar-refractivity contribution < 1.29 is 19.1 Å². The van der Waals surface area contributed by atoms with Crippen molar-refractivity contribution in [2.45, 2.75) is 58.2 Å². The molecule has 4 heteroatoms. The Bertz CT molecular complexity index is 1560. The van der Waals surface area contributed by atoms with Crippen LogP contribution in [-0.4, -0.2) is 24.1 Å². The summed E-state index contributed by atoms with van der Waals surface area (Å²) in [6.07, 6.45) is -0.331. The average molecular weight is 571 g/mol. The summed E-state index contributed by atoms with van der Waals surface area (Å²) >= 11 is 0. The van der Waals surface area contributed by atoms with Crippen molar-refractivity contribution >= 4 is 11.9 Å². The van der Waals surface area contributed by atoms with E-state index in [1.807, 2.05) is 50.2 Å². The Balaban J connectivity index is 1.86. The van der Waals surface area contributed by atoms with Crippen molar-refractivity contribution in [2.24, 2.45) is 0 Å². The first-order valence-corrected chi connectivity index (χ1v) is 14.9. The lowest BCUT2D eigenvalue weighted by Gasteiger charge is -2.44. The highest BCUT2D eigenvalue weighted by molar-refractivity contribution is 5.90. The molecule has 4 aromatic carbocycles. The van der Waals surface area contributed by atoms with Gasteiger partial charge in [0, 0.05) is 11.1 Å². The van der Waals surface area contributed by atoms with E-state index in [9.17, 15) is 9.59 Å². The lowest BCUT2D eigenvalue weighted by Crippen LogP contribution is -2.52.